The van der Waals surface area contributed by atoms with E-state index < -0.39 is 5.97 Å². The first-order valence-corrected chi connectivity index (χ1v) is 8.07. The number of nitrogens with zero attached hydrogens (tertiary/aromatic N) is 1. The van der Waals surface area contributed by atoms with Crippen LogP contribution in [0, 0.1) is 5.92 Å². The molecule has 0 aliphatic carbocycles. The molecule has 21 heavy (non-hydrogen) atoms. The van der Waals surface area contributed by atoms with Gasteiger partial charge in [-0.2, -0.15) is 0 Å². The van der Waals surface area contributed by atoms with Gasteiger partial charge in [0.2, 0.25) is 0 Å². The van der Waals surface area contributed by atoms with Crippen LogP contribution in [0.4, 0.5) is 4.79 Å². The van der Waals surface area contributed by atoms with Gasteiger partial charge in [0.1, 0.15) is 0 Å². The van der Waals surface area contributed by atoms with Gasteiger partial charge in [-0.05, 0) is 44.9 Å². The number of urea groups is 1. The predicted octanol–water partition coefficient (Wildman–Crippen LogP) is 1.59. The fourth-order valence-corrected chi connectivity index (χ4v) is 4.04. The number of amides is 2. The van der Waals surface area contributed by atoms with Crippen molar-refractivity contribution in [2.24, 2.45) is 5.92 Å². The molecule has 6 nitrogen and oxygen atoms in total. The Bertz CT molecular complexity index is 408. The summed E-state index contributed by atoms with van der Waals surface area (Å²) in [5.74, 6) is -1.15. The van der Waals surface area contributed by atoms with Crippen molar-refractivity contribution in [2.75, 3.05) is 13.2 Å². The van der Waals surface area contributed by atoms with Crippen LogP contribution < -0.4 is 5.32 Å². The Morgan fingerprint density at radius 1 is 1.24 bits per heavy atom. The number of aliphatic carboxylic acids is 1. The molecule has 3 aliphatic rings. The number of hydrogen-bond acceptors (Lipinski definition) is 3. The van der Waals surface area contributed by atoms with Crippen molar-refractivity contribution in [3.05, 3.63) is 0 Å². The third-order valence-corrected chi connectivity index (χ3v) is 5.11. The van der Waals surface area contributed by atoms with Gasteiger partial charge in [-0.1, -0.05) is 0 Å². The molecular formula is C15H24N2O4. The van der Waals surface area contributed by atoms with E-state index >= 15 is 0 Å². The van der Waals surface area contributed by atoms with Crippen molar-refractivity contribution in [2.45, 2.75) is 63.1 Å². The standard InChI is InChI=1S/C15H24N2O4/c18-14(19)12-9-10-4-5-13(12)17(10)15(20)16-7-6-11-3-1-2-8-21-11/h10-13H,1-9H2,(H,16,20)(H,18,19). The zero-order chi connectivity index (χ0) is 14.8. The number of rotatable bonds is 4. The van der Waals surface area contributed by atoms with Gasteiger partial charge in [0.25, 0.3) is 0 Å². The smallest absolute Gasteiger partial charge is 0.317 e. The van der Waals surface area contributed by atoms with E-state index in [9.17, 15) is 14.7 Å². The van der Waals surface area contributed by atoms with Crippen molar-refractivity contribution in [3.8, 4) is 0 Å². The Labute approximate surface area is 124 Å². The van der Waals surface area contributed by atoms with Crippen molar-refractivity contribution >= 4 is 12.0 Å². The number of carbonyl (C=O) groups excluding carboxylic acids is 1. The summed E-state index contributed by atoms with van der Waals surface area (Å²) in [7, 11) is 0. The normalized spacial score (nSPS) is 35.0. The minimum absolute atomic E-state index is 0.0953. The lowest BCUT2D eigenvalue weighted by Gasteiger charge is -2.25. The Hall–Kier alpha value is -1.30. The second-order valence-electron chi connectivity index (χ2n) is 6.40. The van der Waals surface area contributed by atoms with Crippen LogP contribution in [-0.2, 0) is 9.53 Å². The molecule has 0 spiro atoms. The summed E-state index contributed by atoms with van der Waals surface area (Å²) >= 11 is 0. The molecule has 2 N–H and O–H groups in total. The molecule has 3 rings (SSSR count). The number of nitrogens with one attached hydrogen (secondary N) is 1. The third-order valence-electron chi connectivity index (χ3n) is 5.11. The van der Waals surface area contributed by atoms with E-state index in [1.165, 1.54) is 6.42 Å². The molecule has 0 radical (unpaired) electrons. The molecule has 0 aromatic carbocycles. The highest BCUT2D eigenvalue weighted by molar-refractivity contribution is 5.79. The fraction of sp³-hybridized carbons (Fsp3) is 0.867. The summed E-state index contributed by atoms with van der Waals surface area (Å²) in [5, 5.41) is 12.2. The van der Waals surface area contributed by atoms with Crippen LogP contribution in [0.5, 0.6) is 0 Å². The summed E-state index contributed by atoms with van der Waals surface area (Å²) < 4.78 is 5.65. The number of fused-ring (bicyclic) bond motifs is 2. The first-order chi connectivity index (χ1) is 10.2. The van der Waals surface area contributed by atoms with Crippen LogP contribution in [0.1, 0.15) is 44.9 Å². The van der Waals surface area contributed by atoms with Gasteiger partial charge in [0, 0.05) is 25.2 Å². The average Bonchev–Trinajstić information content (AvgIpc) is 3.06. The topological polar surface area (TPSA) is 78.9 Å². The fourth-order valence-electron chi connectivity index (χ4n) is 4.04. The predicted molar refractivity (Wildman–Crippen MR) is 76.0 cm³/mol. The zero-order valence-corrected chi connectivity index (χ0v) is 12.3. The monoisotopic (exact) mass is 296 g/mol. The first kappa shape index (κ1) is 14.6. The largest absolute Gasteiger partial charge is 0.481 e. The molecule has 3 aliphatic heterocycles. The maximum atomic E-state index is 12.3. The van der Waals surface area contributed by atoms with Crippen LogP contribution >= 0.6 is 0 Å². The summed E-state index contributed by atoms with van der Waals surface area (Å²) in [6.07, 6.45) is 6.89. The van der Waals surface area contributed by atoms with E-state index in [2.05, 4.69) is 5.32 Å². The van der Waals surface area contributed by atoms with Crippen LogP contribution in [0.25, 0.3) is 0 Å². The summed E-state index contributed by atoms with van der Waals surface area (Å²) in [6, 6.07) is -0.0949. The molecule has 6 heteroatoms. The highest BCUT2D eigenvalue weighted by Crippen LogP contribution is 2.41. The Morgan fingerprint density at radius 3 is 2.76 bits per heavy atom. The molecule has 118 valence electrons. The van der Waals surface area contributed by atoms with Gasteiger partial charge >= 0.3 is 12.0 Å². The van der Waals surface area contributed by atoms with Gasteiger partial charge in [0.15, 0.2) is 0 Å². The zero-order valence-electron chi connectivity index (χ0n) is 12.3. The lowest BCUT2D eigenvalue weighted by Crippen LogP contribution is -2.45. The number of ether oxygens (including phenoxy) is 1. The van der Waals surface area contributed by atoms with Crippen molar-refractivity contribution in [1.29, 1.82) is 0 Å². The van der Waals surface area contributed by atoms with Crippen LogP contribution in [0.3, 0.4) is 0 Å². The molecule has 3 saturated heterocycles. The van der Waals surface area contributed by atoms with Gasteiger partial charge in [-0.25, -0.2) is 4.79 Å². The van der Waals surface area contributed by atoms with Crippen molar-refractivity contribution in [1.82, 2.24) is 10.2 Å². The van der Waals surface area contributed by atoms with Gasteiger partial charge < -0.3 is 20.1 Å². The molecule has 2 amide bonds. The number of carboxylic acid groups (broad SMARTS) is 1. The molecular weight excluding hydrogens is 272 g/mol. The van der Waals surface area contributed by atoms with Crippen LogP contribution in [0.2, 0.25) is 0 Å². The quantitative estimate of drug-likeness (QED) is 0.826. The molecule has 4 atom stereocenters. The molecule has 0 saturated carbocycles. The van der Waals surface area contributed by atoms with Crippen molar-refractivity contribution < 1.29 is 19.4 Å². The molecule has 3 heterocycles. The van der Waals surface area contributed by atoms with Crippen LogP contribution in [0.15, 0.2) is 0 Å². The molecule has 2 bridgehead atoms. The Morgan fingerprint density at radius 2 is 2.10 bits per heavy atom. The third kappa shape index (κ3) is 3.00. The minimum Gasteiger partial charge on any atom is -0.481 e. The van der Waals surface area contributed by atoms with Gasteiger partial charge in [0.05, 0.1) is 12.0 Å². The lowest BCUT2D eigenvalue weighted by molar-refractivity contribution is -0.142. The van der Waals surface area contributed by atoms with E-state index in [4.69, 9.17) is 4.74 Å². The maximum absolute atomic E-state index is 12.3. The lowest BCUT2D eigenvalue weighted by atomic mass is 9.89. The van der Waals surface area contributed by atoms with Gasteiger partial charge in [-0.3, -0.25) is 4.79 Å². The highest BCUT2D eigenvalue weighted by Gasteiger charge is 2.51. The Kier molecular flexibility index (Phi) is 4.33. The number of hydrogen-bond donors (Lipinski definition) is 2. The van der Waals surface area contributed by atoms with E-state index in [0.717, 1.165) is 38.7 Å². The maximum Gasteiger partial charge on any atom is 0.317 e. The highest BCUT2D eigenvalue weighted by atomic mass is 16.5. The van der Waals surface area contributed by atoms with E-state index in [0.29, 0.717) is 13.0 Å². The summed E-state index contributed by atoms with van der Waals surface area (Å²) in [6.45, 7) is 1.44. The first-order valence-electron chi connectivity index (χ1n) is 8.07. The SMILES string of the molecule is O=C(O)C1CC2CCC1N2C(=O)NCCC1CCCCO1. The summed E-state index contributed by atoms with van der Waals surface area (Å²) in [5.41, 5.74) is 0. The van der Waals surface area contributed by atoms with E-state index in [1.54, 1.807) is 4.90 Å². The second-order valence-corrected chi connectivity index (χ2v) is 6.40. The number of carbonyl (C=O) groups is 2. The Balaban J connectivity index is 1.46. The minimum atomic E-state index is -0.768. The molecule has 4 unspecified atom stereocenters. The number of carboxylic acids is 1. The van der Waals surface area contributed by atoms with Crippen molar-refractivity contribution in [3.63, 3.8) is 0 Å². The summed E-state index contributed by atoms with van der Waals surface area (Å²) in [4.78, 5) is 25.3. The van der Waals surface area contributed by atoms with E-state index in [1.807, 2.05) is 0 Å². The molecule has 0 aromatic rings. The molecule has 3 fully saturated rings. The van der Waals surface area contributed by atoms with Crippen LogP contribution in [-0.4, -0.2) is 53.3 Å². The average molecular weight is 296 g/mol. The van der Waals surface area contributed by atoms with E-state index in [-0.39, 0.29) is 30.1 Å². The second kappa shape index (κ2) is 6.22. The molecule has 0 aromatic heterocycles. The van der Waals surface area contributed by atoms with Gasteiger partial charge in [-0.15, -0.1) is 0 Å².